The summed E-state index contributed by atoms with van der Waals surface area (Å²) in [6, 6.07) is 3.20. The molecule has 0 aliphatic carbocycles. The number of amides is 2. The number of benzene rings is 1. The highest BCUT2D eigenvalue weighted by molar-refractivity contribution is 5.90. The number of nitrogens with one attached hydrogen (secondary N) is 2. The van der Waals surface area contributed by atoms with Gasteiger partial charge in [-0.3, -0.25) is 9.59 Å². The van der Waals surface area contributed by atoms with Crippen molar-refractivity contribution in [2.24, 2.45) is 0 Å². The van der Waals surface area contributed by atoms with Gasteiger partial charge in [-0.25, -0.2) is 9.18 Å². The minimum absolute atomic E-state index is 0.0914. The van der Waals surface area contributed by atoms with Crippen molar-refractivity contribution >= 4 is 17.8 Å². The molecule has 2 atom stereocenters. The maximum atomic E-state index is 12.9. The number of hydrogen-bond acceptors (Lipinski definition) is 3. The van der Waals surface area contributed by atoms with E-state index < -0.39 is 35.7 Å². The van der Waals surface area contributed by atoms with Gasteiger partial charge in [0.05, 0.1) is 0 Å². The lowest BCUT2D eigenvalue weighted by Gasteiger charge is -2.20. The number of carboxylic acids is 1. The lowest BCUT2D eigenvalue weighted by atomic mass is 10.0. The van der Waals surface area contributed by atoms with E-state index in [9.17, 15) is 18.8 Å². The summed E-state index contributed by atoms with van der Waals surface area (Å²) in [6.45, 7) is 1.24. The van der Waals surface area contributed by atoms with Crippen LogP contribution in [0.2, 0.25) is 0 Å². The fourth-order valence-electron chi connectivity index (χ4n) is 1.90. The van der Waals surface area contributed by atoms with Gasteiger partial charge in [0.25, 0.3) is 0 Å². The highest BCUT2D eigenvalue weighted by atomic mass is 19.1. The van der Waals surface area contributed by atoms with Gasteiger partial charge in [0.15, 0.2) is 0 Å². The second kappa shape index (κ2) is 8.54. The third kappa shape index (κ3) is 6.18. The van der Waals surface area contributed by atoms with Gasteiger partial charge in [-0.1, -0.05) is 12.1 Å². The second-order valence-corrected chi connectivity index (χ2v) is 4.89. The smallest absolute Gasteiger partial charge is 0.327 e. The van der Waals surface area contributed by atoms with Gasteiger partial charge in [-0.2, -0.15) is 0 Å². The van der Waals surface area contributed by atoms with Crippen LogP contribution in [-0.4, -0.2) is 35.0 Å². The van der Waals surface area contributed by atoms with Crippen LogP contribution in [0.15, 0.2) is 24.3 Å². The molecule has 0 aliphatic rings. The number of rotatable bonds is 7. The van der Waals surface area contributed by atoms with Crippen LogP contribution in [0.25, 0.3) is 0 Å². The minimum atomic E-state index is -1.26. The molecule has 122 valence electrons. The van der Waals surface area contributed by atoms with Crippen molar-refractivity contribution in [3.63, 3.8) is 0 Å². The Kier molecular flexibility index (Phi) is 6.74. The molecule has 0 saturated carbocycles. The molecule has 0 aliphatic heterocycles. The molecule has 2 amide bonds. The monoisotopic (exact) mass is 320 g/mol. The summed E-state index contributed by atoms with van der Waals surface area (Å²) in [5.74, 6) is -0.643. The average Bonchev–Trinajstić information content (AvgIpc) is 2.47. The lowest BCUT2D eigenvalue weighted by molar-refractivity contribution is -0.142. The zero-order chi connectivity index (χ0) is 17.4. The Morgan fingerprint density at radius 3 is 2.30 bits per heavy atom. The van der Waals surface area contributed by atoms with Crippen LogP contribution < -0.4 is 10.6 Å². The summed E-state index contributed by atoms with van der Waals surface area (Å²) < 4.78 is 12.9. The van der Waals surface area contributed by atoms with Crippen LogP contribution in [0.3, 0.4) is 0 Å². The van der Waals surface area contributed by atoms with E-state index in [1.54, 1.807) is 0 Å². The number of aliphatic carboxylic acids is 1. The van der Waals surface area contributed by atoms with Gasteiger partial charge in [0, 0.05) is 19.8 Å². The first-order valence-electron chi connectivity index (χ1n) is 6.81. The topological polar surface area (TPSA) is 95.5 Å². The van der Waals surface area contributed by atoms with Crippen LogP contribution >= 0.6 is 0 Å². The lowest BCUT2D eigenvalue weighted by Crippen LogP contribution is -2.52. The van der Waals surface area contributed by atoms with Crippen molar-refractivity contribution in [2.45, 2.75) is 31.8 Å². The Morgan fingerprint density at radius 1 is 1.22 bits per heavy atom. The normalized spacial score (nSPS) is 12.6. The van der Waals surface area contributed by atoms with Crippen LogP contribution in [-0.2, 0) is 20.8 Å². The largest absolute Gasteiger partial charge is 0.480 e. The Balaban J connectivity index is 2.85. The Hall–Kier alpha value is -2.88. The predicted molar refractivity (Wildman–Crippen MR) is 80.7 cm³/mol. The first kappa shape index (κ1) is 18.2. The molecule has 23 heavy (non-hydrogen) atoms. The van der Waals surface area contributed by atoms with E-state index in [4.69, 9.17) is 11.5 Å². The van der Waals surface area contributed by atoms with Crippen LogP contribution in [0.4, 0.5) is 4.39 Å². The van der Waals surface area contributed by atoms with E-state index in [0.717, 1.165) is 0 Å². The van der Waals surface area contributed by atoms with E-state index in [0.29, 0.717) is 5.56 Å². The average molecular weight is 320 g/mol. The van der Waals surface area contributed by atoms with Crippen LogP contribution in [0, 0.1) is 18.2 Å². The van der Waals surface area contributed by atoms with E-state index in [2.05, 4.69) is 16.6 Å². The molecule has 1 rings (SSSR count). The molecule has 0 saturated heterocycles. The van der Waals surface area contributed by atoms with Gasteiger partial charge < -0.3 is 15.7 Å². The highest BCUT2D eigenvalue weighted by Gasteiger charge is 2.25. The Labute approximate surface area is 133 Å². The zero-order valence-corrected chi connectivity index (χ0v) is 12.5. The van der Waals surface area contributed by atoms with Crippen LogP contribution in [0.1, 0.15) is 18.9 Å². The number of halogens is 1. The van der Waals surface area contributed by atoms with Gasteiger partial charge in [-0.15, -0.1) is 12.3 Å². The molecular weight excluding hydrogens is 303 g/mol. The molecule has 0 heterocycles. The van der Waals surface area contributed by atoms with Crippen molar-refractivity contribution in [3.8, 4) is 12.3 Å². The third-order valence-corrected chi connectivity index (χ3v) is 2.98. The minimum Gasteiger partial charge on any atom is -0.480 e. The molecule has 7 heteroatoms. The quantitative estimate of drug-likeness (QED) is 0.636. The first-order valence-corrected chi connectivity index (χ1v) is 6.81. The fraction of sp³-hybridized carbons (Fsp3) is 0.312. The summed E-state index contributed by atoms with van der Waals surface area (Å²) in [4.78, 5) is 34.5. The molecular formula is C16H17FN2O4. The van der Waals surface area contributed by atoms with Gasteiger partial charge in [-0.05, 0) is 17.7 Å². The fourth-order valence-corrected chi connectivity index (χ4v) is 1.90. The van der Waals surface area contributed by atoms with Crippen molar-refractivity contribution in [3.05, 3.63) is 35.6 Å². The molecule has 0 unspecified atom stereocenters. The van der Waals surface area contributed by atoms with Crippen molar-refractivity contribution < 1.29 is 23.9 Å². The standard InChI is InChI=1S/C16H17FN2O4/c1-3-4-13(16(22)23)19-15(21)14(18-10(2)20)9-11-5-7-12(17)8-6-11/h1,5-8,13-14H,4,9H2,2H3,(H,18,20)(H,19,21)(H,22,23)/t13-,14-/m1/s1. The number of hydrogen-bond donors (Lipinski definition) is 3. The molecule has 0 aromatic heterocycles. The third-order valence-electron chi connectivity index (χ3n) is 2.98. The Morgan fingerprint density at radius 2 is 1.83 bits per heavy atom. The number of carbonyl (C=O) groups is 3. The van der Waals surface area contributed by atoms with E-state index >= 15 is 0 Å². The summed E-state index contributed by atoms with van der Waals surface area (Å²) in [5, 5.41) is 13.7. The van der Waals surface area contributed by atoms with Crippen LogP contribution in [0.5, 0.6) is 0 Å². The molecule has 3 N–H and O–H groups in total. The molecule has 0 spiro atoms. The molecule has 6 nitrogen and oxygen atoms in total. The molecule has 0 bridgehead atoms. The summed E-state index contributed by atoms with van der Waals surface area (Å²) in [5.41, 5.74) is 0.615. The molecule has 0 fully saturated rings. The summed E-state index contributed by atoms with van der Waals surface area (Å²) in [7, 11) is 0. The van der Waals surface area contributed by atoms with E-state index in [1.807, 2.05) is 0 Å². The van der Waals surface area contributed by atoms with E-state index in [-0.39, 0.29) is 12.8 Å². The van der Waals surface area contributed by atoms with E-state index in [1.165, 1.54) is 31.2 Å². The second-order valence-electron chi connectivity index (χ2n) is 4.89. The zero-order valence-electron chi connectivity index (χ0n) is 12.5. The van der Waals surface area contributed by atoms with Gasteiger partial charge in [0.2, 0.25) is 11.8 Å². The molecule has 1 aromatic carbocycles. The molecule has 1 aromatic rings. The van der Waals surface area contributed by atoms with Gasteiger partial charge in [0.1, 0.15) is 17.9 Å². The molecule has 0 radical (unpaired) electrons. The summed E-state index contributed by atoms with van der Waals surface area (Å²) >= 11 is 0. The van der Waals surface area contributed by atoms with Gasteiger partial charge >= 0.3 is 5.97 Å². The number of carbonyl (C=O) groups excluding carboxylic acids is 2. The van der Waals surface area contributed by atoms with Crippen molar-refractivity contribution in [1.82, 2.24) is 10.6 Å². The Bertz CT molecular complexity index is 622. The maximum absolute atomic E-state index is 12.9. The number of carboxylic acid groups (broad SMARTS) is 1. The number of terminal acetylenes is 1. The van der Waals surface area contributed by atoms with Crippen molar-refractivity contribution in [2.75, 3.05) is 0 Å². The van der Waals surface area contributed by atoms with Crippen molar-refractivity contribution in [1.29, 1.82) is 0 Å². The SMILES string of the molecule is C#CC[C@@H](NC(=O)[C@@H](Cc1ccc(F)cc1)NC(C)=O)C(=O)O. The highest BCUT2D eigenvalue weighted by Crippen LogP contribution is 2.07. The first-order chi connectivity index (χ1) is 10.8. The predicted octanol–water partition coefficient (Wildman–Crippen LogP) is 0.466. The summed E-state index contributed by atoms with van der Waals surface area (Å²) in [6.07, 6.45) is 4.98. The maximum Gasteiger partial charge on any atom is 0.327 e.